The number of amides is 1. The molecule has 12 heteroatoms. The lowest BCUT2D eigenvalue weighted by molar-refractivity contribution is -0.334. The number of imidazole rings is 1. The number of aromatic nitrogens is 3. The van der Waals surface area contributed by atoms with E-state index in [9.17, 15) is 24.4 Å². The number of carbonyl (C=O) groups excluding carboxylic acids is 3. The molecule has 0 aliphatic carbocycles. The van der Waals surface area contributed by atoms with Crippen molar-refractivity contribution in [3.8, 4) is 0 Å². The van der Waals surface area contributed by atoms with Crippen molar-refractivity contribution in [3.63, 3.8) is 0 Å². The van der Waals surface area contributed by atoms with Crippen LogP contribution < -0.4 is 5.32 Å². The molecule has 0 aromatic carbocycles. The van der Waals surface area contributed by atoms with E-state index in [4.69, 9.17) is 14.7 Å². The second-order valence-electron chi connectivity index (χ2n) is 11.7. The number of hydrogen-bond acceptors (Lipinski definition) is 9. The molecule has 0 saturated carbocycles. The summed E-state index contributed by atoms with van der Waals surface area (Å²) in [6.45, 7) is 26.4. The van der Waals surface area contributed by atoms with Crippen LogP contribution in [0.1, 0.15) is 122 Å². The van der Waals surface area contributed by atoms with Crippen molar-refractivity contribution < 1.29 is 39.2 Å². The molecule has 6 atom stereocenters. The molecule has 2 rings (SSSR count). The van der Waals surface area contributed by atoms with E-state index in [1.807, 2.05) is 99.8 Å². The summed E-state index contributed by atoms with van der Waals surface area (Å²) in [5, 5.41) is 20.0. The van der Waals surface area contributed by atoms with Gasteiger partial charge >= 0.3 is 12.1 Å². The molecule has 49 heavy (non-hydrogen) atoms. The van der Waals surface area contributed by atoms with Crippen molar-refractivity contribution >= 4 is 35.3 Å². The van der Waals surface area contributed by atoms with Crippen molar-refractivity contribution in [2.45, 2.75) is 134 Å². The highest BCUT2D eigenvalue weighted by Gasteiger charge is 2.36. The second kappa shape index (κ2) is 29.5. The number of nitrogens with one attached hydrogen (secondary N) is 1. The maximum Gasteiger partial charge on any atom is 0.404 e. The quantitative estimate of drug-likeness (QED) is 0.0343. The first-order valence-corrected chi connectivity index (χ1v) is 18.0. The number of carboxylic acid groups (broad SMARTS) is 1. The molecule has 2 unspecified atom stereocenters. The number of carbonyl (C=O) groups is 4. The third kappa shape index (κ3) is 20.0. The topological polar surface area (TPSA) is 170 Å². The van der Waals surface area contributed by atoms with Gasteiger partial charge < -0.3 is 24.5 Å². The summed E-state index contributed by atoms with van der Waals surface area (Å²) >= 11 is 0. The van der Waals surface area contributed by atoms with E-state index in [2.05, 4.69) is 15.3 Å². The van der Waals surface area contributed by atoms with Gasteiger partial charge in [0.1, 0.15) is 29.1 Å². The van der Waals surface area contributed by atoms with E-state index >= 15 is 0 Å². The second-order valence-corrected chi connectivity index (χ2v) is 11.7. The van der Waals surface area contributed by atoms with Crippen LogP contribution in [-0.4, -0.2) is 67.8 Å². The molecule has 284 valence electrons. The third-order valence-electron chi connectivity index (χ3n) is 7.86. The Morgan fingerprint density at radius 1 is 1.00 bits per heavy atom. The fraction of sp³-hybridized carbons (Fsp3) is 0.730. The Morgan fingerprint density at radius 3 is 2.14 bits per heavy atom. The summed E-state index contributed by atoms with van der Waals surface area (Å²) in [7, 11) is 0. The number of pyridine rings is 1. The van der Waals surface area contributed by atoms with Crippen LogP contribution in [-0.2, 0) is 30.6 Å². The first-order valence-electron chi connectivity index (χ1n) is 18.0. The van der Waals surface area contributed by atoms with Crippen molar-refractivity contribution in [1.82, 2.24) is 19.9 Å². The maximum absolute atomic E-state index is 12.7. The zero-order chi connectivity index (χ0) is 38.6. The Bertz CT molecular complexity index is 1160. The lowest BCUT2D eigenvalue weighted by Crippen LogP contribution is -2.39. The SMILES string of the molecule is CC.CC.CC.CC[C@@H](C)[C@@](C)(C[C@@H](C)C(=O)C(C)C[C@@H](C)COC(=O)C(C)C=O)OO.O=C(O)NCCCCn1cnc2cccnc21. The number of esters is 1. The molecule has 0 fully saturated rings. The summed E-state index contributed by atoms with van der Waals surface area (Å²) in [6.07, 6.45) is 6.66. The average Bonchev–Trinajstić information content (AvgIpc) is 3.54. The molecule has 2 heterocycles. The molecular formula is C37H68N4O8. The number of fused-ring (bicyclic) bond motifs is 1. The van der Waals surface area contributed by atoms with E-state index in [1.54, 1.807) is 12.5 Å². The molecule has 2 aromatic heterocycles. The van der Waals surface area contributed by atoms with Crippen molar-refractivity contribution in [2.75, 3.05) is 13.2 Å². The number of aldehydes is 1. The molecule has 0 aliphatic rings. The third-order valence-corrected chi connectivity index (χ3v) is 7.86. The summed E-state index contributed by atoms with van der Waals surface area (Å²) in [5.74, 6) is -1.50. The molecule has 0 spiro atoms. The minimum atomic E-state index is -0.972. The number of ether oxygens (including phenoxy) is 1. The minimum absolute atomic E-state index is 0.0130. The van der Waals surface area contributed by atoms with Crippen LogP contribution in [0.15, 0.2) is 24.7 Å². The largest absolute Gasteiger partial charge is 0.465 e. The highest BCUT2D eigenvalue weighted by molar-refractivity contribution is 5.87. The Labute approximate surface area is 295 Å². The highest BCUT2D eigenvalue weighted by atomic mass is 17.1. The molecule has 1 amide bonds. The van der Waals surface area contributed by atoms with Gasteiger partial charge in [-0.25, -0.2) is 19.7 Å². The Hall–Kier alpha value is -3.38. The van der Waals surface area contributed by atoms with Gasteiger partial charge in [-0.2, -0.15) is 0 Å². The first kappa shape index (κ1) is 50.0. The molecule has 0 bridgehead atoms. The van der Waals surface area contributed by atoms with E-state index < -0.39 is 23.6 Å². The molecule has 0 saturated heterocycles. The number of aryl methyl sites for hydroxylation is 1. The maximum atomic E-state index is 12.7. The van der Waals surface area contributed by atoms with Gasteiger partial charge in [-0.3, -0.25) is 14.8 Å². The summed E-state index contributed by atoms with van der Waals surface area (Å²) < 4.78 is 7.09. The van der Waals surface area contributed by atoms with Gasteiger partial charge in [0.15, 0.2) is 5.65 Å². The predicted octanol–water partition coefficient (Wildman–Crippen LogP) is 8.47. The molecular weight excluding hydrogens is 628 g/mol. The van der Waals surface area contributed by atoms with Crippen LogP contribution in [0, 0.1) is 29.6 Å². The standard InChI is InChI=1S/C20H36O6.C11H14N4O2.3C2H6/c1-8-17(6)20(7,26-24)10-15(4)18(22)14(3)9-13(2)12-25-19(23)16(5)11-21;16-11(17)13-5-1-2-7-15-8-14-9-4-3-6-12-10(9)15;3*1-2/h11,13-17,24H,8-10,12H2,1-7H3;3-4,6,8,13H,1-2,5,7H2,(H,16,17);3*1-2H3/t13-,14?,15-,16?,17-,20-;;;;/m1..../s1. The van der Waals surface area contributed by atoms with Crippen molar-refractivity contribution in [2.24, 2.45) is 29.6 Å². The lowest BCUT2D eigenvalue weighted by Gasteiger charge is -2.34. The predicted molar refractivity (Wildman–Crippen MR) is 196 cm³/mol. The van der Waals surface area contributed by atoms with Gasteiger partial charge in [0.2, 0.25) is 0 Å². The zero-order valence-electron chi connectivity index (χ0n) is 32.6. The smallest absolute Gasteiger partial charge is 0.404 e. The van der Waals surface area contributed by atoms with Crippen LogP contribution in [0.2, 0.25) is 0 Å². The Balaban J connectivity index is -0.000000788. The first-order chi connectivity index (χ1) is 23.3. The normalized spacial score (nSPS) is 14.4. The average molecular weight is 697 g/mol. The van der Waals surface area contributed by atoms with Gasteiger partial charge in [-0.15, -0.1) is 0 Å². The van der Waals surface area contributed by atoms with Gasteiger partial charge in [0.25, 0.3) is 0 Å². The highest BCUT2D eigenvalue weighted by Crippen LogP contribution is 2.32. The number of unbranched alkanes of at least 4 members (excludes halogenated alkanes) is 1. The number of nitrogens with zero attached hydrogens (tertiary/aromatic N) is 3. The number of ketones is 1. The lowest BCUT2D eigenvalue weighted by atomic mass is 9.78. The minimum Gasteiger partial charge on any atom is -0.465 e. The zero-order valence-corrected chi connectivity index (χ0v) is 32.6. The van der Waals surface area contributed by atoms with Gasteiger partial charge in [-0.1, -0.05) is 82.6 Å². The van der Waals surface area contributed by atoms with Crippen LogP contribution in [0.3, 0.4) is 0 Å². The summed E-state index contributed by atoms with van der Waals surface area (Å²) in [4.78, 5) is 58.2. The van der Waals surface area contributed by atoms with E-state index in [-0.39, 0.29) is 36.1 Å². The fourth-order valence-corrected chi connectivity index (χ4v) is 4.82. The molecule has 0 aliphatic heterocycles. The van der Waals surface area contributed by atoms with E-state index in [0.717, 1.165) is 37.0 Å². The van der Waals surface area contributed by atoms with Gasteiger partial charge in [-0.05, 0) is 63.5 Å². The van der Waals surface area contributed by atoms with Gasteiger partial charge in [0, 0.05) is 31.1 Å². The molecule has 3 N–H and O–H groups in total. The molecule has 2 aromatic rings. The fourth-order valence-electron chi connectivity index (χ4n) is 4.82. The van der Waals surface area contributed by atoms with Gasteiger partial charge in [0.05, 0.1) is 12.9 Å². The van der Waals surface area contributed by atoms with Crippen molar-refractivity contribution in [3.05, 3.63) is 24.7 Å². The van der Waals surface area contributed by atoms with E-state index in [1.165, 1.54) is 6.92 Å². The summed E-state index contributed by atoms with van der Waals surface area (Å²) in [5.41, 5.74) is 1.00. The van der Waals surface area contributed by atoms with Crippen LogP contribution in [0.5, 0.6) is 0 Å². The molecule has 12 nitrogen and oxygen atoms in total. The van der Waals surface area contributed by atoms with Crippen LogP contribution in [0.25, 0.3) is 11.2 Å². The number of rotatable bonds is 18. The number of Topliss-reactive ketones (excluding diaryl/α,β-unsaturated/α-hetero) is 1. The molecule has 0 radical (unpaired) electrons. The van der Waals surface area contributed by atoms with Crippen molar-refractivity contribution in [1.29, 1.82) is 0 Å². The Kier molecular flexibility index (Phi) is 30.1. The monoisotopic (exact) mass is 697 g/mol. The van der Waals surface area contributed by atoms with Crippen LogP contribution >= 0.6 is 0 Å². The number of hydrogen-bond donors (Lipinski definition) is 3. The summed E-state index contributed by atoms with van der Waals surface area (Å²) in [6, 6.07) is 3.78. The van der Waals surface area contributed by atoms with Crippen LogP contribution in [0.4, 0.5) is 4.79 Å². The van der Waals surface area contributed by atoms with E-state index in [0.29, 0.717) is 25.7 Å². The Morgan fingerprint density at radius 2 is 1.61 bits per heavy atom.